The van der Waals surface area contributed by atoms with E-state index in [1.54, 1.807) is 7.11 Å². The summed E-state index contributed by atoms with van der Waals surface area (Å²) in [5.74, 6) is 0.501. The Labute approximate surface area is 145 Å². The molecule has 3 heterocycles. The van der Waals surface area contributed by atoms with Crippen molar-refractivity contribution in [1.29, 1.82) is 0 Å². The molecule has 4 rings (SSSR count). The molecule has 2 unspecified atom stereocenters. The number of benzene rings is 1. The summed E-state index contributed by atoms with van der Waals surface area (Å²) in [5.41, 5.74) is 4.30. The van der Waals surface area contributed by atoms with Crippen molar-refractivity contribution in [2.45, 2.75) is 32.2 Å². The number of hydrogen-bond acceptors (Lipinski definition) is 4. The van der Waals surface area contributed by atoms with Crippen LogP contribution >= 0.6 is 0 Å². The Kier molecular flexibility index (Phi) is 5.29. The summed E-state index contributed by atoms with van der Waals surface area (Å²) in [5, 5.41) is 0. The molecule has 0 radical (unpaired) electrons. The van der Waals surface area contributed by atoms with Crippen molar-refractivity contribution in [3.05, 3.63) is 23.8 Å². The number of fused-ring (bicyclic) bond motifs is 3. The maximum Gasteiger partial charge on any atom is 0.209 e. The average molecular weight is 331 g/mol. The van der Waals surface area contributed by atoms with Crippen LogP contribution in [0.1, 0.15) is 31.7 Å². The monoisotopic (exact) mass is 331 g/mol. The second-order valence-corrected chi connectivity index (χ2v) is 6.63. The van der Waals surface area contributed by atoms with Crippen molar-refractivity contribution in [2.24, 2.45) is 0 Å². The minimum Gasteiger partial charge on any atom is -0.385 e. The van der Waals surface area contributed by atoms with Gasteiger partial charge in [0.25, 0.3) is 0 Å². The summed E-state index contributed by atoms with van der Waals surface area (Å²) < 4.78 is 4.54. The van der Waals surface area contributed by atoms with Crippen LogP contribution in [-0.2, 0) is 9.53 Å². The van der Waals surface area contributed by atoms with Gasteiger partial charge in [-0.05, 0) is 31.9 Å². The number of methoxy groups -OCH3 is 1. The highest BCUT2D eigenvalue weighted by Gasteiger charge is 2.44. The van der Waals surface area contributed by atoms with Crippen LogP contribution in [0, 0.1) is 0 Å². The van der Waals surface area contributed by atoms with Gasteiger partial charge in [0, 0.05) is 58.4 Å². The maximum atomic E-state index is 11.1. The molecule has 1 fully saturated rings. The Balaban J connectivity index is 0.000000383. The molecular formula is C19H29N3O2. The molecule has 24 heavy (non-hydrogen) atoms. The van der Waals surface area contributed by atoms with Crippen LogP contribution in [0.5, 0.6) is 0 Å². The molecule has 0 saturated carbocycles. The first-order valence-corrected chi connectivity index (χ1v) is 9.07. The molecule has 3 aliphatic heterocycles. The third-order valence-corrected chi connectivity index (χ3v) is 5.51. The molecule has 0 N–H and O–H groups in total. The van der Waals surface area contributed by atoms with Gasteiger partial charge in [-0.2, -0.15) is 0 Å². The van der Waals surface area contributed by atoms with E-state index in [2.05, 4.69) is 39.7 Å². The predicted octanol–water partition coefficient (Wildman–Crippen LogP) is 2.31. The number of piperidine rings is 1. The maximum absolute atomic E-state index is 11.1. The van der Waals surface area contributed by atoms with E-state index >= 15 is 0 Å². The van der Waals surface area contributed by atoms with Gasteiger partial charge in [-0.15, -0.1) is 0 Å². The topological polar surface area (TPSA) is 36.0 Å². The Morgan fingerprint density at radius 2 is 2.04 bits per heavy atom. The first kappa shape index (κ1) is 17.1. The molecule has 2 atom stereocenters. The van der Waals surface area contributed by atoms with Gasteiger partial charge in [0.05, 0.1) is 11.4 Å². The lowest BCUT2D eigenvalue weighted by molar-refractivity contribution is -0.119. The lowest BCUT2D eigenvalue weighted by atomic mass is 9.89. The number of likely N-dealkylation sites (tertiary alicyclic amines) is 1. The number of para-hydroxylation sites is 1. The number of nitrogens with zero attached hydrogens (tertiary/aromatic N) is 3. The van der Waals surface area contributed by atoms with E-state index in [1.807, 2.05) is 11.8 Å². The van der Waals surface area contributed by atoms with Crippen LogP contribution < -0.4 is 9.80 Å². The van der Waals surface area contributed by atoms with E-state index in [4.69, 9.17) is 0 Å². The highest BCUT2D eigenvalue weighted by Crippen LogP contribution is 2.50. The zero-order valence-corrected chi connectivity index (χ0v) is 15.1. The van der Waals surface area contributed by atoms with Gasteiger partial charge < -0.3 is 19.4 Å². The Morgan fingerprint density at radius 3 is 2.71 bits per heavy atom. The van der Waals surface area contributed by atoms with Crippen LogP contribution in [0.2, 0.25) is 0 Å². The van der Waals surface area contributed by atoms with E-state index in [9.17, 15) is 4.79 Å². The molecule has 1 amide bonds. The standard InChI is InChI=1S/C16H21N3O.C3H8O/c1-2-18-8-9-19-14-6-7-17(11-20)10-13(14)12-4-3-5-15(18)16(12)19;1-3-4-2/h3-5,11,13-14H,2,6-10H2,1H3;3H2,1-2H3. The zero-order valence-electron chi connectivity index (χ0n) is 15.1. The first-order valence-electron chi connectivity index (χ1n) is 9.07. The van der Waals surface area contributed by atoms with Crippen molar-refractivity contribution in [1.82, 2.24) is 4.90 Å². The van der Waals surface area contributed by atoms with Gasteiger partial charge in [-0.3, -0.25) is 4.79 Å². The fraction of sp³-hybridized carbons (Fsp3) is 0.632. The largest absolute Gasteiger partial charge is 0.385 e. The minimum atomic E-state index is 0.501. The summed E-state index contributed by atoms with van der Waals surface area (Å²) in [6.07, 6.45) is 2.12. The minimum absolute atomic E-state index is 0.501. The average Bonchev–Trinajstić information content (AvgIpc) is 2.97. The molecule has 0 spiro atoms. The number of carbonyl (C=O) groups is 1. The van der Waals surface area contributed by atoms with Crippen molar-refractivity contribution in [3.8, 4) is 0 Å². The fourth-order valence-corrected chi connectivity index (χ4v) is 4.28. The number of carbonyl (C=O) groups excluding carboxylic acids is 1. The number of amides is 1. The number of anilines is 2. The Morgan fingerprint density at radius 1 is 1.25 bits per heavy atom. The third-order valence-electron chi connectivity index (χ3n) is 5.51. The number of ether oxygens (including phenoxy) is 1. The van der Waals surface area contributed by atoms with Crippen LogP contribution in [0.4, 0.5) is 11.4 Å². The highest BCUT2D eigenvalue weighted by molar-refractivity contribution is 5.81. The molecule has 1 aromatic carbocycles. The van der Waals surface area contributed by atoms with Gasteiger partial charge in [0.1, 0.15) is 0 Å². The van der Waals surface area contributed by atoms with E-state index in [1.165, 1.54) is 16.9 Å². The van der Waals surface area contributed by atoms with Crippen molar-refractivity contribution < 1.29 is 9.53 Å². The van der Waals surface area contributed by atoms with Gasteiger partial charge in [0.2, 0.25) is 6.41 Å². The van der Waals surface area contributed by atoms with Crippen LogP contribution in [-0.4, -0.2) is 63.8 Å². The Bertz CT molecular complexity index is 576. The summed E-state index contributed by atoms with van der Waals surface area (Å²) in [6.45, 7) is 10.1. The summed E-state index contributed by atoms with van der Waals surface area (Å²) in [7, 11) is 1.68. The summed E-state index contributed by atoms with van der Waals surface area (Å²) in [6, 6.07) is 7.30. The molecule has 5 nitrogen and oxygen atoms in total. The molecule has 0 bridgehead atoms. The molecule has 1 saturated heterocycles. The lowest BCUT2D eigenvalue weighted by Gasteiger charge is -2.41. The normalized spacial score (nSPS) is 24.0. The van der Waals surface area contributed by atoms with Gasteiger partial charge in [-0.25, -0.2) is 0 Å². The predicted molar refractivity (Wildman–Crippen MR) is 98.0 cm³/mol. The van der Waals surface area contributed by atoms with Crippen molar-refractivity contribution in [2.75, 3.05) is 56.2 Å². The third kappa shape index (κ3) is 2.86. The highest BCUT2D eigenvalue weighted by atomic mass is 16.5. The fourth-order valence-electron chi connectivity index (χ4n) is 4.28. The molecule has 3 aliphatic rings. The van der Waals surface area contributed by atoms with Crippen LogP contribution in [0.3, 0.4) is 0 Å². The molecule has 5 heteroatoms. The first-order chi connectivity index (χ1) is 11.7. The van der Waals surface area contributed by atoms with E-state index in [-0.39, 0.29) is 0 Å². The smallest absolute Gasteiger partial charge is 0.209 e. The van der Waals surface area contributed by atoms with E-state index in [0.29, 0.717) is 12.0 Å². The van der Waals surface area contributed by atoms with Crippen LogP contribution in [0.25, 0.3) is 0 Å². The molecule has 0 aromatic heterocycles. The molecule has 0 aliphatic carbocycles. The SMILES string of the molecule is CCN1CCN2c3c(cccc31)C1CN(C=O)CCC12.CCOC. The van der Waals surface area contributed by atoms with Gasteiger partial charge in [0.15, 0.2) is 0 Å². The zero-order chi connectivity index (χ0) is 17.1. The number of hydrogen-bond donors (Lipinski definition) is 0. The van der Waals surface area contributed by atoms with Gasteiger partial charge in [-0.1, -0.05) is 12.1 Å². The summed E-state index contributed by atoms with van der Waals surface area (Å²) in [4.78, 5) is 18.1. The second kappa shape index (κ2) is 7.43. The lowest BCUT2D eigenvalue weighted by Crippen LogP contribution is -2.49. The summed E-state index contributed by atoms with van der Waals surface area (Å²) >= 11 is 0. The molecular weight excluding hydrogens is 302 g/mol. The number of rotatable bonds is 3. The molecule has 132 valence electrons. The van der Waals surface area contributed by atoms with Crippen molar-refractivity contribution in [3.63, 3.8) is 0 Å². The van der Waals surface area contributed by atoms with Crippen LogP contribution in [0.15, 0.2) is 18.2 Å². The Hall–Kier alpha value is -1.75. The second-order valence-electron chi connectivity index (χ2n) is 6.63. The number of likely N-dealkylation sites (N-methyl/N-ethyl adjacent to an activating group) is 1. The molecule has 1 aromatic rings. The quantitative estimate of drug-likeness (QED) is 0.797. The van der Waals surface area contributed by atoms with E-state index in [0.717, 1.165) is 52.2 Å². The van der Waals surface area contributed by atoms with Gasteiger partial charge >= 0.3 is 0 Å². The van der Waals surface area contributed by atoms with Crippen molar-refractivity contribution >= 4 is 17.8 Å². The van der Waals surface area contributed by atoms with E-state index < -0.39 is 0 Å².